The fourth-order valence-corrected chi connectivity index (χ4v) is 9.62. The van der Waals surface area contributed by atoms with Gasteiger partial charge in [0.25, 0.3) is 0 Å². The predicted octanol–water partition coefficient (Wildman–Crippen LogP) is 13.5. The van der Waals surface area contributed by atoms with Gasteiger partial charge in [0, 0.05) is 16.7 Å². The Bertz CT molecular complexity index is 2830. The average molecular weight is 663 g/mol. The molecule has 0 saturated heterocycles. The zero-order valence-corrected chi connectivity index (χ0v) is 28.6. The maximum Gasteiger partial charge on any atom is 0.136 e. The van der Waals surface area contributed by atoms with Gasteiger partial charge in [-0.2, -0.15) is 0 Å². The van der Waals surface area contributed by atoms with Gasteiger partial charge in [-0.25, -0.2) is 0 Å². The first-order valence-corrected chi connectivity index (χ1v) is 18.3. The summed E-state index contributed by atoms with van der Waals surface area (Å²) in [4.78, 5) is 0. The van der Waals surface area contributed by atoms with Gasteiger partial charge in [-0.1, -0.05) is 170 Å². The molecule has 0 aliphatic heterocycles. The third-order valence-corrected chi connectivity index (χ3v) is 11.7. The van der Waals surface area contributed by atoms with Crippen LogP contribution in [0.5, 0.6) is 0 Å². The van der Waals surface area contributed by atoms with Crippen LogP contribution in [-0.4, -0.2) is 0 Å². The molecule has 0 saturated carbocycles. The molecule has 11 rings (SSSR count). The summed E-state index contributed by atoms with van der Waals surface area (Å²) < 4.78 is 6.93. The van der Waals surface area contributed by atoms with Crippen molar-refractivity contribution in [1.82, 2.24) is 0 Å². The third-order valence-electron chi connectivity index (χ3n) is 11.7. The van der Waals surface area contributed by atoms with E-state index in [1.165, 1.54) is 77.0 Å². The van der Waals surface area contributed by atoms with Crippen molar-refractivity contribution in [2.24, 2.45) is 0 Å². The van der Waals surface area contributed by atoms with E-state index in [0.29, 0.717) is 5.92 Å². The summed E-state index contributed by atoms with van der Waals surface area (Å²) in [7, 11) is 0. The third kappa shape index (κ3) is 3.99. The molecule has 0 spiro atoms. The maximum absolute atomic E-state index is 6.93. The second-order valence-corrected chi connectivity index (χ2v) is 14.2. The van der Waals surface area contributed by atoms with E-state index >= 15 is 0 Å². The highest BCUT2D eigenvalue weighted by Gasteiger charge is 2.46. The summed E-state index contributed by atoms with van der Waals surface area (Å²) in [5.74, 6) is 0.330. The fourth-order valence-electron chi connectivity index (χ4n) is 9.62. The highest BCUT2D eigenvalue weighted by Crippen LogP contribution is 2.58. The van der Waals surface area contributed by atoms with E-state index < -0.39 is 5.41 Å². The molecule has 2 aliphatic carbocycles. The summed E-state index contributed by atoms with van der Waals surface area (Å²) in [5.41, 5.74) is 12.8. The molecule has 1 atom stereocenters. The van der Waals surface area contributed by atoms with Crippen LogP contribution in [0.15, 0.2) is 193 Å². The lowest BCUT2D eigenvalue weighted by atomic mass is 9.67. The predicted molar refractivity (Wildman–Crippen MR) is 217 cm³/mol. The van der Waals surface area contributed by atoms with Gasteiger partial charge in [-0.15, -0.1) is 0 Å². The first-order chi connectivity index (χ1) is 25.8. The van der Waals surface area contributed by atoms with Crippen LogP contribution in [0.3, 0.4) is 0 Å². The van der Waals surface area contributed by atoms with Crippen LogP contribution < -0.4 is 0 Å². The molecule has 0 amide bonds. The van der Waals surface area contributed by atoms with Crippen LogP contribution in [0.25, 0.3) is 65.7 Å². The maximum atomic E-state index is 6.93. The van der Waals surface area contributed by atoms with Gasteiger partial charge in [0.1, 0.15) is 11.2 Å². The Hall–Kier alpha value is -6.44. The summed E-state index contributed by atoms with van der Waals surface area (Å²) in [6, 6.07) is 60.3. The van der Waals surface area contributed by atoms with E-state index in [9.17, 15) is 0 Å². The molecule has 1 nitrogen and oxygen atoms in total. The lowest BCUT2D eigenvalue weighted by Gasteiger charge is -2.33. The number of fused-ring (bicyclic) bond motifs is 8. The molecule has 9 aromatic rings. The Morgan fingerprint density at radius 3 is 1.75 bits per heavy atom. The zero-order valence-electron chi connectivity index (χ0n) is 28.6. The van der Waals surface area contributed by atoms with Crippen molar-refractivity contribution in [1.29, 1.82) is 0 Å². The molecule has 1 heteroatoms. The number of rotatable bonds is 4. The van der Waals surface area contributed by atoms with Crippen LogP contribution in [0.4, 0.5) is 0 Å². The van der Waals surface area contributed by atoms with Gasteiger partial charge in [-0.05, 0) is 96.2 Å². The first kappa shape index (κ1) is 29.3. The van der Waals surface area contributed by atoms with Crippen molar-refractivity contribution in [2.45, 2.75) is 17.8 Å². The van der Waals surface area contributed by atoms with E-state index in [1.54, 1.807) is 0 Å². The average Bonchev–Trinajstić information content (AvgIpc) is 3.73. The van der Waals surface area contributed by atoms with Gasteiger partial charge in [0.05, 0.1) is 5.41 Å². The molecule has 0 bridgehead atoms. The molecule has 2 aliphatic rings. The SMILES string of the molecule is C1=CCC(c2c3ccccc3c(-c3cccc4oc5cc6c(cc5c34)-c3ccccc3C6(c3ccccc3)c3ccccc3)c3ccccc23)C=C1. The highest BCUT2D eigenvalue weighted by atomic mass is 16.3. The fraction of sp³-hybridized carbons (Fsp3) is 0.0588. The lowest BCUT2D eigenvalue weighted by molar-refractivity contribution is 0.666. The second-order valence-electron chi connectivity index (χ2n) is 14.2. The monoisotopic (exact) mass is 662 g/mol. The minimum Gasteiger partial charge on any atom is -0.456 e. The van der Waals surface area contributed by atoms with Gasteiger partial charge in [-0.3, -0.25) is 0 Å². The molecule has 8 aromatic carbocycles. The molecule has 52 heavy (non-hydrogen) atoms. The topological polar surface area (TPSA) is 13.1 Å². The summed E-state index contributed by atoms with van der Waals surface area (Å²) in [5, 5.41) is 7.50. The Labute approximate surface area is 302 Å². The highest BCUT2D eigenvalue weighted by molar-refractivity contribution is 6.23. The largest absolute Gasteiger partial charge is 0.456 e. The van der Waals surface area contributed by atoms with Crippen LogP contribution in [0, 0.1) is 0 Å². The minimum atomic E-state index is -0.477. The van der Waals surface area contributed by atoms with Crippen LogP contribution in [-0.2, 0) is 5.41 Å². The van der Waals surface area contributed by atoms with Crippen molar-refractivity contribution >= 4 is 43.5 Å². The van der Waals surface area contributed by atoms with Gasteiger partial charge < -0.3 is 4.42 Å². The second kappa shape index (κ2) is 11.3. The Morgan fingerprint density at radius 1 is 0.462 bits per heavy atom. The molecule has 1 unspecified atom stereocenters. The van der Waals surface area contributed by atoms with Crippen molar-refractivity contribution in [3.05, 3.63) is 216 Å². The number of benzene rings is 8. The Kier molecular flexibility index (Phi) is 6.36. The molecule has 0 N–H and O–H groups in total. The minimum absolute atomic E-state index is 0.330. The Balaban J connectivity index is 1.24. The summed E-state index contributed by atoms with van der Waals surface area (Å²) in [6.45, 7) is 0. The van der Waals surface area contributed by atoms with Crippen LogP contribution >= 0.6 is 0 Å². The molecular formula is C51H34O. The molecular weight excluding hydrogens is 629 g/mol. The van der Waals surface area contributed by atoms with Crippen LogP contribution in [0.2, 0.25) is 0 Å². The number of allylic oxidation sites excluding steroid dienone is 4. The quantitative estimate of drug-likeness (QED) is 0.171. The normalized spacial score (nSPS) is 15.8. The van der Waals surface area contributed by atoms with Crippen LogP contribution in [0.1, 0.15) is 40.2 Å². The van der Waals surface area contributed by atoms with E-state index in [1.807, 2.05) is 0 Å². The molecule has 0 radical (unpaired) electrons. The molecule has 244 valence electrons. The smallest absolute Gasteiger partial charge is 0.136 e. The first-order valence-electron chi connectivity index (χ1n) is 18.3. The standard InChI is InChI=1S/C51H34O/c1-4-17-33(18-5-1)48-37-24-10-12-26-39(37)49(40-27-13-11-25-38(40)48)41-28-16-30-46-50(41)43-31-42-36-23-14-15-29-44(36)51(34-19-6-2-7-20-34,35-21-8-3-9-22-35)45(42)32-47(43)52-46/h1-17,19-33H,18H2. The number of hydrogen-bond donors (Lipinski definition) is 0. The van der Waals surface area contributed by atoms with E-state index in [2.05, 4.69) is 188 Å². The van der Waals surface area contributed by atoms with Gasteiger partial charge >= 0.3 is 0 Å². The summed E-state index contributed by atoms with van der Waals surface area (Å²) in [6.07, 6.45) is 10.0. The molecule has 1 aromatic heterocycles. The van der Waals surface area contributed by atoms with E-state index in [-0.39, 0.29) is 0 Å². The van der Waals surface area contributed by atoms with Gasteiger partial charge in [0.2, 0.25) is 0 Å². The van der Waals surface area contributed by atoms with Crippen molar-refractivity contribution in [2.75, 3.05) is 0 Å². The zero-order chi connectivity index (χ0) is 34.2. The molecule has 1 heterocycles. The molecule has 0 fully saturated rings. The van der Waals surface area contributed by atoms with E-state index in [4.69, 9.17) is 4.42 Å². The van der Waals surface area contributed by atoms with Crippen molar-refractivity contribution in [3.63, 3.8) is 0 Å². The summed E-state index contributed by atoms with van der Waals surface area (Å²) >= 11 is 0. The van der Waals surface area contributed by atoms with Crippen molar-refractivity contribution in [3.8, 4) is 22.3 Å². The number of hydrogen-bond acceptors (Lipinski definition) is 1. The lowest BCUT2D eigenvalue weighted by Crippen LogP contribution is -2.28. The van der Waals surface area contributed by atoms with E-state index in [0.717, 1.165) is 23.0 Å². The number of furan rings is 1. The van der Waals surface area contributed by atoms with Gasteiger partial charge in [0.15, 0.2) is 0 Å². The van der Waals surface area contributed by atoms with Crippen molar-refractivity contribution < 1.29 is 4.42 Å². The Morgan fingerprint density at radius 2 is 1.08 bits per heavy atom.